The molecule has 7 heteroatoms. The van der Waals surface area contributed by atoms with Crippen LogP contribution in [0.25, 0.3) is 0 Å². The molecule has 4 rings (SSSR count). The van der Waals surface area contributed by atoms with Crippen LogP contribution < -0.4 is 10.2 Å². The van der Waals surface area contributed by atoms with E-state index in [1.165, 1.54) is 0 Å². The molecular formula is C25H23ClN2O3S. The number of carbonyl (C=O) groups is 2. The van der Waals surface area contributed by atoms with Crippen molar-refractivity contribution in [3.8, 4) is 0 Å². The van der Waals surface area contributed by atoms with Gasteiger partial charge in [-0.05, 0) is 61.4 Å². The maximum atomic E-state index is 13.6. The second-order valence-electron chi connectivity index (χ2n) is 7.75. The standard InChI is InChI=1S/C25H23ClN2O3S/c1-3-16(2)27-24(29)18-10-13-23-21(14-18)28(15-17-8-11-19(26)12-9-17)25(30)20-6-4-5-7-22(20)32(23)31/h4-14,16H,3,15H2,1-2H3,(H,27,29)/t16-,32-/m0/s1. The summed E-state index contributed by atoms with van der Waals surface area (Å²) in [5.41, 5.74) is 2.15. The molecule has 0 saturated carbocycles. The van der Waals surface area contributed by atoms with E-state index in [4.69, 9.17) is 11.6 Å². The molecule has 0 bridgehead atoms. The summed E-state index contributed by atoms with van der Waals surface area (Å²) in [6, 6.07) is 19.2. The van der Waals surface area contributed by atoms with Crippen molar-refractivity contribution >= 4 is 39.9 Å². The summed E-state index contributed by atoms with van der Waals surface area (Å²) < 4.78 is 13.4. The molecule has 2 amide bonds. The van der Waals surface area contributed by atoms with Crippen molar-refractivity contribution < 1.29 is 13.8 Å². The van der Waals surface area contributed by atoms with Crippen LogP contribution in [0.4, 0.5) is 5.69 Å². The molecule has 0 spiro atoms. The molecule has 0 fully saturated rings. The highest BCUT2D eigenvalue weighted by Gasteiger charge is 2.31. The summed E-state index contributed by atoms with van der Waals surface area (Å²) in [5, 5.41) is 3.55. The topological polar surface area (TPSA) is 66.5 Å². The van der Waals surface area contributed by atoms with Gasteiger partial charge in [0, 0.05) is 16.6 Å². The monoisotopic (exact) mass is 466 g/mol. The van der Waals surface area contributed by atoms with Crippen LogP contribution in [0.5, 0.6) is 0 Å². The van der Waals surface area contributed by atoms with Crippen LogP contribution in [0, 0.1) is 0 Å². The Hall–Kier alpha value is -2.96. The number of nitrogens with one attached hydrogen (secondary N) is 1. The van der Waals surface area contributed by atoms with Crippen molar-refractivity contribution in [2.24, 2.45) is 0 Å². The van der Waals surface area contributed by atoms with E-state index in [9.17, 15) is 13.8 Å². The molecular weight excluding hydrogens is 444 g/mol. The second kappa shape index (κ2) is 9.27. The molecule has 5 nitrogen and oxygen atoms in total. The Labute approximate surface area is 194 Å². The van der Waals surface area contributed by atoms with E-state index >= 15 is 0 Å². The number of anilines is 1. The van der Waals surface area contributed by atoms with Crippen molar-refractivity contribution in [1.29, 1.82) is 0 Å². The first-order valence-corrected chi connectivity index (χ1v) is 11.9. The van der Waals surface area contributed by atoms with Crippen molar-refractivity contribution in [3.63, 3.8) is 0 Å². The number of hydrogen-bond donors (Lipinski definition) is 1. The Morgan fingerprint density at radius 1 is 1.06 bits per heavy atom. The average Bonchev–Trinajstić information content (AvgIpc) is 2.89. The van der Waals surface area contributed by atoms with Crippen molar-refractivity contribution in [2.75, 3.05) is 4.90 Å². The molecule has 0 radical (unpaired) electrons. The van der Waals surface area contributed by atoms with Crippen LogP contribution in [0.2, 0.25) is 5.02 Å². The molecule has 3 aromatic carbocycles. The molecule has 2 atom stereocenters. The molecule has 0 aliphatic carbocycles. The minimum absolute atomic E-state index is 0.0199. The van der Waals surface area contributed by atoms with E-state index in [0.717, 1.165) is 12.0 Å². The van der Waals surface area contributed by atoms with Gasteiger partial charge in [0.15, 0.2) is 0 Å². The third kappa shape index (κ3) is 4.33. The average molecular weight is 467 g/mol. The quantitative estimate of drug-likeness (QED) is 0.562. The van der Waals surface area contributed by atoms with E-state index in [1.807, 2.05) is 26.0 Å². The van der Waals surface area contributed by atoms with E-state index in [0.29, 0.717) is 31.6 Å². The zero-order valence-electron chi connectivity index (χ0n) is 17.8. The number of halogens is 1. The van der Waals surface area contributed by atoms with Crippen molar-refractivity contribution in [2.45, 2.75) is 42.6 Å². The van der Waals surface area contributed by atoms with Gasteiger partial charge in [-0.15, -0.1) is 0 Å². The molecule has 0 saturated heterocycles. The first kappa shape index (κ1) is 22.2. The summed E-state index contributed by atoms with van der Waals surface area (Å²) in [7, 11) is -1.56. The highest BCUT2D eigenvalue weighted by molar-refractivity contribution is 7.85. The first-order chi connectivity index (χ1) is 15.4. The summed E-state index contributed by atoms with van der Waals surface area (Å²) in [4.78, 5) is 28.9. The number of amides is 2. The molecule has 32 heavy (non-hydrogen) atoms. The zero-order valence-corrected chi connectivity index (χ0v) is 19.4. The van der Waals surface area contributed by atoms with E-state index in [1.54, 1.807) is 59.5 Å². The van der Waals surface area contributed by atoms with Gasteiger partial charge in [-0.2, -0.15) is 0 Å². The largest absolute Gasteiger partial charge is 0.350 e. The van der Waals surface area contributed by atoms with Crippen LogP contribution in [0.15, 0.2) is 76.5 Å². The SMILES string of the molecule is CC[C@H](C)NC(=O)c1ccc2c(c1)N(Cc1ccc(Cl)cc1)C(=O)c1ccccc1[S@@]2=O. The Kier molecular flexibility index (Phi) is 6.44. The molecule has 1 N–H and O–H groups in total. The van der Waals surface area contributed by atoms with E-state index in [-0.39, 0.29) is 24.4 Å². The van der Waals surface area contributed by atoms with Gasteiger partial charge < -0.3 is 10.2 Å². The van der Waals surface area contributed by atoms with Crippen molar-refractivity contribution in [1.82, 2.24) is 5.32 Å². The molecule has 0 unspecified atom stereocenters. The number of rotatable bonds is 5. The number of nitrogens with zero attached hydrogens (tertiary/aromatic N) is 1. The predicted molar refractivity (Wildman–Crippen MR) is 127 cm³/mol. The van der Waals surface area contributed by atoms with Crippen LogP contribution >= 0.6 is 11.6 Å². The van der Waals surface area contributed by atoms with Gasteiger partial charge in [0.05, 0.1) is 38.4 Å². The van der Waals surface area contributed by atoms with Gasteiger partial charge in [0.1, 0.15) is 0 Å². The van der Waals surface area contributed by atoms with Crippen LogP contribution in [-0.2, 0) is 17.3 Å². The fourth-order valence-corrected chi connectivity index (χ4v) is 5.01. The maximum absolute atomic E-state index is 13.6. The number of carbonyl (C=O) groups excluding carboxylic acids is 2. The molecule has 164 valence electrons. The molecule has 3 aromatic rings. The van der Waals surface area contributed by atoms with Gasteiger partial charge in [-0.3, -0.25) is 9.59 Å². The Morgan fingerprint density at radius 3 is 2.50 bits per heavy atom. The summed E-state index contributed by atoms with van der Waals surface area (Å²) in [5.74, 6) is -0.490. The minimum Gasteiger partial charge on any atom is -0.350 e. The predicted octanol–water partition coefficient (Wildman–Crippen LogP) is 5.20. The van der Waals surface area contributed by atoms with Gasteiger partial charge in [0.2, 0.25) is 0 Å². The number of fused-ring (bicyclic) bond motifs is 2. The Balaban J connectivity index is 1.84. The lowest BCUT2D eigenvalue weighted by Gasteiger charge is -2.24. The van der Waals surface area contributed by atoms with Crippen LogP contribution in [0.1, 0.15) is 46.5 Å². The molecule has 1 heterocycles. The molecule has 1 aliphatic rings. The fourth-order valence-electron chi connectivity index (χ4n) is 3.54. The summed E-state index contributed by atoms with van der Waals surface area (Å²) >= 11 is 6.02. The van der Waals surface area contributed by atoms with E-state index < -0.39 is 10.8 Å². The zero-order chi connectivity index (χ0) is 22.8. The Bertz CT molecular complexity index is 1210. The Morgan fingerprint density at radius 2 is 1.78 bits per heavy atom. The van der Waals surface area contributed by atoms with Gasteiger partial charge in [-0.1, -0.05) is 42.8 Å². The van der Waals surface area contributed by atoms with Crippen LogP contribution in [-0.4, -0.2) is 22.1 Å². The summed E-state index contributed by atoms with van der Waals surface area (Å²) in [6.07, 6.45) is 0.803. The summed E-state index contributed by atoms with van der Waals surface area (Å²) in [6.45, 7) is 4.18. The fraction of sp³-hybridized carbons (Fsp3) is 0.200. The van der Waals surface area contributed by atoms with E-state index in [2.05, 4.69) is 5.32 Å². The first-order valence-electron chi connectivity index (χ1n) is 10.4. The second-order valence-corrected chi connectivity index (χ2v) is 9.60. The third-order valence-electron chi connectivity index (χ3n) is 5.52. The van der Waals surface area contributed by atoms with Gasteiger partial charge >= 0.3 is 0 Å². The lowest BCUT2D eigenvalue weighted by Crippen LogP contribution is -2.33. The van der Waals surface area contributed by atoms with Gasteiger partial charge in [0.25, 0.3) is 11.8 Å². The van der Waals surface area contributed by atoms with Crippen LogP contribution in [0.3, 0.4) is 0 Å². The number of benzene rings is 3. The molecule has 1 aliphatic heterocycles. The highest BCUT2D eigenvalue weighted by atomic mass is 35.5. The lowest BCUT2D eigenvalue weighted by atomic mass is 10.1. The van der Waals surface area contributed by atoms with Crippen molar-refractivity contribution in [3.05, 3.63) is 88.4 Å². The van der Waals surface area contributed by atoms with Gasteiger partial charge in [-0.25, -0.2) is 4.21 Å². The lowest BCUT2D eigenvalue weighted by molar-refractivity contribution is 0.0936. The number of hydrogen-bond acceptors (Lipinski definition) is 3. The normalized spacial score (nSPS) is 16.0. The highest BCUT2D eigenvalue weighted by Crippen LogP contribution is 2.36. The molecule has 0 aromatic heterocycles. The smallest absolute Gasteiger partial charge is 0.259 e. The third-order valence-corrected chi connectivity index (χ3v) is 7.27. The minimum atomic E-state index is -1.56. The maximum Gasteiger partial charge on any atom is 0.259 e.